The Labute approximate surface area is 156 Å². The van der Waals surface area contributed by atoms with Gasteiger partial charge >= 0.3 is 0 Å². The highest BCUT2D eigenvalue weighted by Gasteiger charge is 2.36. The Morgan fingerprint density at radius 1 is 1.08 bits per heavy atom. The number of aryl methyl sites for hydroxylation is 1. The summed E-state index contributed by atoms with van der Waals surface area (Å²) in [4.78, 5) is 28.8. The van der Waals surface area contributed by atoms with Crippen LogP contribution in [-0.2, 0) is 9.59 Å². The monoisotopic (exact) mass is 357 g/mol. The van der Waals surface area contributed by atoms with Gasteiger partial charge in [-0.2, -0.15) is 0 Å². The van der Waals surface area contributed by atoms with Crippen molar-refractivity contribution < 1.29 is 9.59 Å². The molecule has 1 heterocycles. The predicted molar refractivity (Wildman–Crippen MR) is 103 cm³/mol. The van der Waals surface area contributed by atoms with Crippen molar-refractivity contribution >= 4 is 11.8 Å². The van der Waals surface area contributed by atoms with E-state index in [0.717, 1.165) is 38.8 Å². The first-order valence-electron chi connectivity index (χ1n) is 9.75. The van der Waals surface area contributed by atoms with Crippen LogP contribution in [0, 0.1) is 18.8 Å². The third-order valence-electron chi connectivity index (χ3n) is 5.66. The molecule has 1 aromatic rings. The van der Waals surface area contributed by atoms with E-state index in [1.165, 1.54) is 11.1 Å². The maximum absolute atomic E-state index is 12.6. The molecular formula is C21H31N3O2. The number of likely N-dealkylation sites (tertiary alicyclic amines) is 1. The van der Waals surface area contributed by atoms with Gasteiger partial charge in [0.1, 0.15) is 0 Å². The lowest BCUT2D eigenvalue weighted by Gasteiger charge is -2.32. The van der Waals surface area contributed by atoms with Crippen molar-refractivity contribution in [3.63, 3.8) is 0 Å². The van der Waals surface area contributed by atoms with Gasteiger partial charge < -0.3 is 15.1 Å². The van der Waals surface area contributed by atoms with E-state index in [1.807, 2.05) is 19.0 Å². The second-order valence-corrected chi connectivity index (χ2v) is 8.01. The predicted octanol–water partition coefficient (Wildman–Crippen LogP) is 2.36. The molecule has 1 N–H and O–H groups in total. The number of amides is 2. The van der Waals surface area contributed by atoms with E-state index in [-0.39, 0.29) is 23.8 Å². The topological polar surface area (TPSA) is 52.7 Å². The molecule has 3 rings (SSSR count). The van der Waals surface area contributed by atoms with Crippen molar-refractivity contribution in [2.45, 2.75) is 38.6 Å². The van der Waals surface area contributed by atoms with Crippen LogP contribution in [0.1, 0.15) is 42.9 Å². The molecule has 0 bridgehead atoms. The molecule has 5 nitrogen and oxygen atoms in total. The molecule has 1 aliphatic carbocycles. The molecule has 0 spiro atoms. The molecule has 1 aliphatic heterocycles. The summed E-state index contributed by atoms with van der Waals surface area (Å²) < 4.78 is 0. The zero-order chi connectivity index (χ0) is 18.7. The summed E-state index contributed by atoms with van der Waals surface area (Å²) in [6.07, 6.45) is 3.65. The molecule has 142 valence electrons. The van der Waals surface area contributed by atoms with Crippen molar-refractivity contribution in [3.05, 3.63) is 35.4 Å². The van der Waals surface area contributed by atoms with Crippen LogP contribution in [0.2, 0.25) is 0 Å². The molecule has 2 amide bonds. The summed E-state index contributed by atoms with van der Waals surface area (Å²) in [7, 11) is 4.08. The first-order valence-corrected chi connectivity index (χ1v) is 9.75. The number of nitrogens with one attached hydrogen (secondary N) is 1. The largest absolute Gasteiger partial charge is 0.354 e. The van der Waals surface area contributed by atoms with E-state index in [9.17, 15) is 9.59 Å². The first kappa shape index (κ1) is 18.9. The first-order chi connectivity index (χ1) is 12.5. The molecule has 1 atom stereocenters. The van der Waals surface area contributed by atoms with Crippen LogP contribution in [0.3, 0.4) is 0 Å². The fourth-order valence-electron chi connectivity index (χ4n) is 3.68. The lowest BCUT2D eigenvalue weighted by atomic mass is 9.95. The lowest BCUT2D eigenvalue weighted by molar-refractivity contribution is -0.136. The summed E-state index contributed by atoms with van der Waals surface area (Å²) in [6.45, 7) is 4.14. The molecular weight excluding hydrogens is 326 g/mol. The minimum atomic E-state index is 0.0269. The lowest BCUT2D eigenvalue weighted by Crippen LogP contribution is -2.44. The average Bonchev–Trinajstić information content (AvgIpc) is 3.47. The van der Waals surface area contributed by atoms with Gasteiger partial charge in [-0.25, -0.2) is 0 Å². The second kappa shape index (κ2) is 8.21. The molecule has 1 saturated heterocycles. The maximum Gasteiger partial charge on any atom is 0.225 e. The molecule has 0 radical (unpaired) electrons. The van der Waals surface area contributed by atoms with Crippen LogP contribution in [0.5, 0.6) is 0 Å². The van der Waals surface area contributed by atoms with E-state index in [0.29, 0.717) is 12.5 Å². The molecule has 1 aromatic carbocycles. The van der Waals surface area contributed by atoms with Crippen LogP contribution < -0.4 is 5.32 Å². The van der Waals surface area contributed by atoms with Gasteiger partial charge in [-0.05, 0) is 52.3 Å². The van der Waals surface area contributed by atoms with Crippen LogP contribution in [0.25, 0.3) is 0 Å². The fraction of sp³-hybridized carbons (Fsp3) is 0.619. The van der Waals surface area contributed by atoms with Crippen molar-refractivity contribution in [2.24, 2.45) is 11.8 Å². The number of rotatable bonds is 6. The van der Waals surface area contributed by atoms with Crippen LogP contribution in [0.4, 0.5) is 0 Å². The number of hydrogen-bond acceptors (Lipinski definition) is 3. The maximum atomic E-state index is 12.6. The number of carbonyl (C=O) groups is 2. The summed E-state index contributed by atoms with van der Waals surface area (Å²) >= 11 is 0. The van der Waals surface area contributed by atoms with Crippen LogP contribution >= 0.6 is 0 Å². The zero-order valence-corrected chi connectivity index (χ0v) is 16.2. The zero-order valence-electron chi connectivity index (χ0n) is 16.2. The van der Waals surface area contributed by atoms with Crippen molar-refractivity contribution in [1.82, 2.24) is 15.1 Å². The van der Waals surface area contributed by atoms with Gasteiger partial charge in [0.15, 0.2) is 0 Å². The summed E-state index contributed by atoms with van der Waals surface area (Å²) in [6, 6.07) is 8.65. The van der Waals surface area contributed by atoms with Gasteiger partial charge in [0.25, 0.3) is 0 Å². The van der Waals surface area contributed by atoms with Crippen molar-refractivity contribution in [2.75, 3.05) is 33.7 Å². The molecule has 0 unspecified atom stereocenters. The summed E-state index contributed by atoms with van der Waals surface area (Å²) in [5.41, 5.74) is 2.45. The summed E-state index contributed by atoms with van der Waals surface area (Å²) in [5.74, 6) is 0.730. The van der Waals surface area contributed by atoms with E-state index < -0.39 is 0 Å². The van der Waals surface area contributed by atoms with E-state index >= 15 is 0 Å². The fourth-order valence-corrected chi connectivity index (χ4v) is 3.68. The molecule has 26 heavy (non-hydrogen) atoms. The Balaban J connectivity index is 1.49. The molecule has 1 saturated carbocycles. The van der Waals surface area contributed by atoms with Gasteiger partial charge in [0, 0.05) is 31.5 Å². The SMILES string of the molecule is Cc1ccc([C@H](CNC(=O)C2CCN(C(=O)C3CC3)CC2)N(C)C)cc1. The molecule has 5 heteroatoms. The Hall–Kier alpha value is -1.88. The van der Waals surface area contributed by atoms with Gasteiger partial charge in [0.2, 0.25) is 11.8 Å². The van der Waals surface area contributed by atoms with Gasteiger partial charge in [-0.3, -0.25) is 9.59 Å². The Morgan fingerprint density at radius 3 is 2.23 bits per heavy atom. The highest BCUT2D eigenvalue weighted by molar-refractivity contribution is 5.82. The second-order valence-electron chi connectivity index (χ2n) is 8.01. The number of likely N-dealkylation sites (N-methyl/N-ethyl adjacent to an activating group) is 1. The van der Waals surface area contributed by atoms with Crippen LogP contribution in [0.15, 0.2) is 24.3 Å². The molecule has 2 fully saturated rings. The number of piperidine rings is 1. The number of benzene rings is 1. The summed E-state index contributed by atoms with van der Waals surface area (Å²) in [5, 5.41) is 3.14. The highest BCUT2D eigenvalue weighted by atomic mass is 16.2. The third-order valence-corrected chi connectivity index (χ3v) is 5.66. The molecule has 2 aliphatic rings. The minimum absolute atomic E-state index is 0.0269. The van der Waals surface area contributed by atoms with Gasteiger partial charge in [-0.15, -0.1) is 0 Å². The quantitative estimate of drug-likeness (QED) is 0.850. The van der Waals surface area contributed by atoms with E-state index in [4.69, 9.17) is 0 Å². The smallest absolute Gasteiger partial charge is 0.225 e. The van der Waals surface area contributed by atoms with E-state index in [1.54, 1.807) is 0 Å². The van der Waals surface area contributed by atoms with Crippen molar-refractivity contribution in [3.8, 4) is 0 Å². The Bertz CT molecular complexity index is 629. The highest BCUT2D eigenvalue weighted by Crippen LogP contribution is 2.32. The third kappa shape index (κ3) is 4.64. The van der Waals surface area contributed by atoms with Crippen LogP contribution in [-0.4, -0.2) is 55.3 Å². The van der Waals surface area contributed by atoms with Crippen molar-refractivity contribution in [1.29, 1.82) is 0 Å². The number of hydrogen-bond donors (Lipinski definition) is 1. The molecule has 0 aromatic heterocycles. The minimum Gasteiger partial charge on any atom is -0.354 e. The number of carbonyl (C=O) groups excluding carboxylic acids is 2. The Morgan fingerprint density at radius 2 is 1.69 bits per heavy atom. The number of nitrogens with zero attached hydrogens (tertiary/aromatic N) is 2. The van der Waals surface area contributed by atoms with E-state index in [2.05, 4.69) is 41.4 Å². The average molecular weight is 357 g/mol. The normalized spacial score (nSPS) is 19.5. The van der Waals surface area contributed by atoms with Gasteiger partial charge in [0.05, 0.1) is 6.04 Å². The Kier molecular flexibility index (Phi) is 5.97. The van der Waals surface area contributed by atoms with Gasteiger partial charge in [-0.1, -0.05) is 29.8 Å². The standard InChI is InChI=1S/C21H31N3O2/c1-15-4-6-16(7-5-15)19(23(2)3)14-22-20(25)17-10-12-24(13-11-17)21(26)18-8-9-18/h4-7,17-19H,8-14H2,1-3H3,(H,22,25)/t19-/m0/s1.